The van der Waals surface area contributed by atoms with Gasteiger partial charge in [0.15, 0.2) is 0 Å². The third kappa shape index (κ3) is 5.84. The van der Waals surface area contributed by atoms with E-state index in [1.54, 1.807) is 0 Å². The van der Waals surface area contributed by atoms with Crippen molar-refractivity contribution in [3.8, 4) is 0 Å². The van der Waals surface area contributed by atoms with Crippen LogP contribution >= 0.6 is 0 Å². The summed E-state index contributed by atoms with van der Waals surface area (Å²) in [4.78, 5) is 35.6. The first kappa shape index (κ1) is 19.9. The van der Waals surface area contributed by atoms with Crippen LogP contribution in [0.25, 0.3) is 0 Å². The summed E-state index contributed by atoms with van der Waals surface area (Å²) in [5.41, 5.74) is 7.32. The highest BCUT2D eigenvalue weighted by Crippen LogP contribution is 2.27. The molecule has 1 atom stereocenters. The fraction of sp³-hybridized carbons (Fsp3) is 0.526. The summed E-state index contributed by atoms with van der Waals surface area (Å²) < 4.78 is 0. The van der Waals surface area contributed by atoms with Gasteiger partial charge in [0.05, 0.1) is 12.6 Å². The molecule has 0 aliphatic heterocycles. The van der Waals surface area contributed by atoms with Crippen molar-refractivity contribution in [3.05, 3.63) is 29.8 Å². The zero-order valence-electron chi connectivity index (χ0n) is 15.4. The Morgan fingerprint density at radius 2 is 1.92 bits per heavy atom. The van der Waals surface area contributed by atoms with E-state index in [4.69, 9.17) is 5.73 Å². The molecule has 142 valence electrons. The Hall–Kier alpha value is -2.41. The Morgan fingerprint density at radius 3 is 2.54 bits per heavy atom. The molecule has 1 aromatic rings. The van der Waals surface area contributed by atoms with Gasteiger partial charge in [0.1, 0.15) is 0 Å². The Morgan fingerprint density at radius 1 is 1.19 bits per heavy atom. The van der Waals surface area contributed by atoms with Crippen LogP contribution in [0.2, 0.25) is 0 Å². The van der Waals surface area contributed by atoms with Gasteiger partial charge in [-0.1, -0.05) is 32.4 Å². The molecule has 1 aliphatic rings. The van der Waals surface area contributed by atoms with Gasteiger partial charge in [-0.2, -0.15) is 0 Å². The molecule has 0 heterocycles. The van der Waals surface area contributed by atoms with Crippen LogP contribution in [0.4, 0.5) is 5.69 Å². The van der Waals surface area contributed by atoms with Crippen LogP contribution in [-0.4, -0.2) is 30.3 Å². The van der Waals surface area contributed by atoms with Crippen molar-refractivity contribution in [1.29, 1.82) is 0 Å². The SMILES string of the molecule is CC(C)[C@H](N)C(=O)NCC(=O)NCc1cccc(NC(=O)C2CCC2)c1. The van der Waals surface area contributed by atoms with Gasteiger partial charge in [0, 0.05) is 18.2 Å². The van der Waals surface area contributed by atoms with E-state index in [-0.39, 0.29) is 36.1 Å². The summed E-state index contributed by atoms with van der Waals surface area (Å²) in [6.45, 7) is 3.90. The molecular formula is C19H28N4O3. The lowest BCUT2D eigenvalue weighted by molar-refractivity contribution is -0.127. The third-order valence-corrected chi connectivity index (χ3v) is 4.60. The zero-order valence-corrected chi connectivity index (χ0v) is 15.4. The average Bonchev–Trinajstić information content (AvgIpc) is 2.55. The summed E-state index contributed by atoms with van der Waals surface area (Å²) in [7, 11) is 0. The van der Waals surface area contributed by atoms with Crippen molar-refractivity contribution in [2.45, 2.75) is 45.7 Å². The minimum atomic E-state index is -0.626. The Kier molecular flexibility index (Phi) is 7.15. The maximum absolute atomic E-state index is 12.0. The standard InChI is InChI=1S/C19H28N4O3/c1-12(2)17(20)19(26)22-11-16(24)21-10-13-5-3-8-15(9-13)23-18(25)14-6-4-7-14/h3,5,8-9,12,14,17H,4,6-7,10-11,20H2,1-2H3,(H,21,24)(H,22,26)(H,23,25)/t17-/m0/s1. The van der Waals surface area contributed by atoms with Crippen LogP contribution < -0.4 is 21.7 Å². The maximum Gasteiger partial charge on any atom is 0.239 e. The third-order valence-electron chi connectivity index (χ3n) is 4.60. The summed E-state index contributed by atoms with van der Waals surface area (Å²) in [6.07, 6.45) is 3.02. The minimum absolute atomic E-state index is 0.0101. The van der Waals surface area contributed by atoms with E-state index in [2.05, 4.69) is 16.0 Å². The molecule has 0 bridgehead atoms. The number of benzene rings is 1. The summed E-state index contributed by atoms with van der Waals surface area (Å²) in [5.74, 6) is -0.439. The molecule has 2 rings (SSSR count). The van der Waals surface area contributed by atoms with E-state index in [0.29, 0.717) is 6.54 Å². The number of nitrogens with two attached hydrogens (primary N) is 1. The fourth-order valence-corrected chi connectivity index (χ4v) is 2.52. The van der Waals surface area contributed by atoms with Crippen molar-refractivity contribution in [2.24, 2.45) is 17.6 Å². The van der Waals surface area contributed by atoms with E-state index in [1.807, 2.05) is 38.1 Å². The van der Waals surface area contributed by atoms with Gasteiger partial charge in [-0.25, -0.2) is 0 Å². The highest BCUT2D eigenvalue weighted by atomic mass is 16.2. The van der Waals surface area contributed by atoms with Crippen LogP contribution in [0.1, 0.15) is 38.7 Å². The lowest BCUT2D eigenvalue weighted by Crippen LogP contribution is -2.47. The molecule has 0 unspecified atom stereocenters. The number of hydrogen-bond acceptors (Lipinski definition) is 4. The molecule has 0 saturated heterocycles. The van der Waals surface area contributed by atoms with Gasteiger partial charge in [-0.15, -0.1) is 0 Å². The number of carbonyl (C=O) groups excluding carboxylic acids is 3. The molecule has 1 aromatic carbocycles. The molecule has 0 spiro atoms. The number of anilines is 1. The quantitative estimate of drug-likeness (QED) is 0.557. The lowest BCUT2D eigenvalue weighted by Gasteiger charge is -2.24. The predicted octanol–water partition coefficient (Wildman–Crippen LogP) is 1.14. The topological polar surface area (TPSA) is 113 Å². The largest absolute Gasteiger partial charge is 0.350 e. The van der Waals surface area contributed by atoms with E-state index in [1.165, 1.54) is 0 Å². The Bertz CT molecular complexity index is 656. The lowest BCUT2D eigenvalue weighted by atomic mass is 9.85. The van der Waals surface area contributed by atoms with E-state index < -0.39 is 6.04 Å². The van der Waals surface area contributed by atoms with Crippen molar-refractivity contribution in [3.63, 3.8) is 0 Å². The van der Waals surface area contributed by atoms with Gasteiger partial charge >= 0.3 is 0 Å². The number of rotatable bonds is 8. The van der Waals surface area contributed by atoms with Crippen molar-refractivity contribution < 1.29 is 14.4 Å². The van der Waals surface area contributed by atoms with E-state index in [0.717, 1.165) is 30.5 Å². The fourth-order valence-electron chi connectivity index (χ4n) is 2.52. The number of nitrogens with one attached hydrogen (secondary N) is 3. The highest BCUT2D eigenvalue weighted by Gasteiger charge is 2.25. The van der Waals surface area contributed by atoms with Gasteiger partial charge < -0.3 is 21.7 Å². The number of amides is 3. The first-order chi connectivity index (χ1) is 12.4. The van der Waals surface area contributed by atoms with Crippen molar-refractivity contribution in [1.82, 2.24) is 10.6 Å². The molecule has 3 amide bonds. The molecule has 1 aliphatic carbocycles. The summed E-state index contributed by atoms with van der Waals surface area (Å²) in [6, 6.07) is 6.74. The molecule has 5 N–H and O–H groups in total. The second-order valence-corrected chi connectivity index (χ2v) is 7.08. The highest BCUT2D eigenvalue weighted by molar-refractivity contribution is 5.93. The molecule has 1 fully saturated rings. The molecule has 1 saturated carbocycles. The van der Waals surface area contributed by atoms with Gasteiger partial charge in [0.2, 0.25) is 17.7 Å². The normalized spacial score (nSPS) is 15.1. The molecule has 7 nitrogen and oxygen atoms in total. The van der Waals surface area contributed by atoms with E-state index >= 15 is 0 Å². The molecule has 7 heteroatoms. The average molecular weight is 360 g/mol. The first-order valence-electron chi connectivity index (χ1n) is 9.06. The summed E-state index contributed by atoms with van der Waals surface area (Å²) in [5, 5.41) is 8.18. The zero-order chi connectivity index (χ0) is 19.1. The molecule has 0 aromatic heterocycles. The van der Waals surface area contributed by atoms with Crippen LogP contribution in [0.15, 0.2) is 24.3 Å². The first-order valence-corrected chi connectivity index (χ1v) is 9.06. The second kappa shape index (κ2) is 9.33. The van der Waals surface area contributed by atoms with Gasteiger partial charge in [0.25, 0.3) is 0 Å². The monoisotopic (exact) mass is 360 g/mol. The maximum atomic E-state index is 12.0. The predicted molar refractivity (Wildman–Crippen MR) is 100 cm³/mol. The number of hydrogen-bond donors (Lipinski definition) is 4. The van der Waals surface area contributed by atoms with Gasteiger partial charge in [-0.3, -0.25) is 14.4 Å². The van der Waals surface area contributed by atoms with Crippen molar-refractivity contribution in [2.75, 3.05) is 11.9 Å². The van der Waals surface area contributed by atoms with Crippen molar-refractivity contribution >= 4 is 23.4 Å². The Labute approximate surface area is 154 Å². The molecular weight excluding hydrogens is 332 g/mol. The molecule has 26 heavy (non-hydrogen) atoms. The van der Waals surface area contributed by atoms with Crippen LogP contribution in [0, 0.1) is 11.8 Å². The smallest absolute Gasteiger partial charge is 0.239 e. The van der Waals surface area contributed by atoms with E-state index in [9.17, 15) is 14.4 Å². The minimum Gasteiger partial charge on any atom is -0.350 e. The second-order valence-electron chi connectivity index (χ2n) is 7.08. The number of carbonyl (C=O) groups is 3. The van der Waals surface area contributed by atoms with Crippen LogP contribution in [-0.2, 0) is 20.9 Å². The summed E-state index contributed by atoms with van der Waals surface area (Å²) >= 11 is 0. The van der Waals surface area contributed by atoms with Crippen LogP contribution in [0.3, 0.4) is 0 Å². The van der Waals surface area contributed by atoms with Gasteiger partial charge in [-0.05, 0) is 36.5 Å². The Balaban J connectivity index is 1.76. The molecule has 0 radical (unpaired) electrons. The van der Waals surface area contributed by atoms with Crippen LogP contribution in [0.5, 0.6) is 0 Å².